The molecule has 0 aliphatic carbocycles. The molecule has 0 amide bonds. The number of esters is 1. The van der Waals surface area contributed by atoms with E-state index in [-0.39, 0.29) is 49.4 Å². The van der Waals surface area contributed by atoms with Crippen molar-refractivity contribution in [3.05, 3.63) is 23.8 Å². The Balaban J connectivity index is 3.12. The van der Waals surface area contributed by atoms with E-state index in [4.69, 9.17) is 29.4 Å². The molecule has 0 radical (unpaired) electrons. The Labute approximate surface area is 243 Å². The number of hydrogen-bond donors (Lipinski definition) is 2. The minimum Gasteiger partial charge on any atom is -0.480 e. The number of unbranched alkanes of at least 4 members (excludes halogenated alkanes) is 4. The predicted octanol–water partition coefficient (Wildman–Crippen LogP) is 6.04. The molecule has 11 nitrogen and oxygen atoms in total. The van der Waals surface area contributed by atoms with Gasteiger partial charge in [0, 0.05) is 12.8 Å². The third-order valence-electron chi connectivity index (χ3n) is 6.62. The number of aliphatic carboxylic acids is 1. The van der Waals surface area contributed by atoms with Gasteiger partial charge in [0.05, 0.1) is 19.1 Å². The molecule has 3 atom stereocenters. The van der Waals surface area contributed by atoms with Crippen LogP contribution in [0.4, 0.5) is 9.59 Å². The molecule has 0 fully saturated rings. The second kappa shape index (κ2) is 18.2. The SMILES string of the molecule is CCCCCOC(=O)Oc1ccc(CC(N)(C[C@H](C)OC(=O)C(C)C(C)C)C(=O)O)cc1OC(=O)OCCCCC. The molecule has 0 spiro atoms. The van der Waals surface area contributed by atoms with Gasteiger partial charge in [-0.05, 0) is 43.4 Å². The van der Waals surface area contributed by atoms with Gasteiger partial charge in [-0.15, -0.1) is 0 Å². The van der Waals surface area contributed by atoms with E-state index in [1.807, 2.05) is 27.7 Å². The molecule has 3 N–H and O–H groups in total. The van der Waals surface area contributed by atoms with E-state index in [1.54, 1.807) is 13.8 Å². The molecule has 0 bridgehead atoms. The molecule has 0 aliphatic heterocycles. The number of carboxylic acids is 1. The van der Waals surface area contributed by atoms with Gasteiger partial charge >= 0.3 is 24.2 Å². The van der Waals surface area contributed by atoms with Crippen molar-refractivity contribution >= 4 is 24.2 Å². The molecule has 0 aromatic heterocycles. The minimum atomic E-state index is -1.82. The Morgan fingerprint density at radius 2 is 1.39 bits per heavy atom. The van der Waals surface area contributed by atoms with E-state index < -0.39 is 35.9 Å². The molecule has 2 unspecified atom stereocenters. The molecular formula is C30H47NO10. The summed E-state index contributed by atoms with van der Waals surface area (Å²) in [6.45, 7) is 11.5. The van der Waals surface area contributed by atoms with E-state index in [2.05, 4.69) is 0 Å². The lowest BCUT2D eigenvalue weighted by molar-refractivity contribution is -0.157. The van der Waals surface area contributed by atoms with E-state index >= 15 is 0 Å². The molecule has 232 valence electrons. The molecule has 0 saturated carbocycles. The Morgan fingerprint density at radius 1 is 0.854 bits per heavy atom. The smallest absolute Gasteiger partial charge is 0.480 e. The molecule has 1 aromatic carbocycles. The minimum absolute atomic E-state index is 0.0583. The van der Waals surface area contributed by atoms with Crippen molar-refractivity contribution in [1.29, 1.82) is 0 Å². The van der Waals surface area contributed by atoms with Gasteiger partial charge in [-0.2, -0.15) is 0 Å². The molecule has 11 heteroatoms. The highest BCUT2D eigenvalue weighted by molar-refractivity contribution is 5.79. The van der Waals surface area contributed by atoms with Crippen LogP contribution in [-0.2, 0) is 30.2 Å². The lowest BCUT2D eigenvalue weighted by Crippen LogP contribution is -2.52. The van der Waals surface area contributed by atoms with Crippen molar-refractivity contribution in [3.63, 3.8) is 0 Å². The number of carbonyl (C=O) groups excluding carboxylic acids is 3. The second-order valence-corrected chi connectivity index (χ2v) is 10.7. The first-order chi connectivity index (χ1) is 19.3. The summed E-state index contributed by atoms with van der Waals surface area (Å²) in [5.74, 6) is -2.30. The fourth-order valence-corrected chi connectivity index (χ4v) is 3.81. The van der Waals surface area contributed by atoms with E-state index in [9.17, 15) is 24.3 Å². The summed E-state index contributed by atoms with van der Waals surface area (Å²) in [6, 6.07) is 4.22. The van der Waals surface area contributed by atoms with Gasteiger partial charge in [0.2, 0.25) is 0 Å². The van der Waals surface area contributed by atoms with Gasteiger partial charge in [0.1, 0.15) is 11.6 Å². The van der Waals surface area contributed by atoms with Crippen LogP contribution in [0.3, 0.4) is 0 Å². The third-order valence-corrected chi connectivity index (χ3v) is 6.62. The summed E-state index contributed by atoms with van der Waals surface area (Å²) in [4.78, 5) is 49.1. The van der Waals surface area contributed by atoms with E-state index in [0.717, 1.165) is 25.7 Å². The predicted molar refractivity (Wildman–Crippen MR) is 152 cm³/mol. The zero-order chi connectivity index (χ0) is 31.0. The zero-order valence-corrected chi connectivity index (χ0v) is 25.2. The van der Waals surface area contributed by atoms with Gasteiger partial charge in [-0.3, -0.25) is 9.59 Å². The number of benzene rings is 1. The van der Waals surface area contributed by atoms with Gasteiger partial charge in [-0.1, -0.05) is 66.4 Å². The van der Waals surface area contributed by atoms with Crippen LogP contribution < -0.4 is 15.2 Å². The van der Waals surface area contributed by atoms with Gasteiger partial charge < -0.3 is 34.5 Å². The number of carbonyl (C=O) groups is 4. The second-order valence-electron chi connectivity index (χ2n) is 10.7. The topological polar surface area (TPSA) is 161 Å². The number of nitrogens with two attached hydrogens (primary N) is 1. The zero-order valence-electron chi connectivity index (χ0n) is 25.2. The molecule has 0 aliphatic rings. The highest BCUT2D eigenvalue weighted by Crippen LogP contribution is 2.31. The average Bonchev–Trinajstić information content (AvgIpc) is 2.89. The molecule has 1 aromatic rings. The van der Waals surface area contributed by atoms with Gasteiger partial charge in [0.25, 0.3) is 0 Å². The fraction of sp³-hybridized carbons (Fsp3) is 0.667. The van der Waals surface area contributed by atoms with Crippen LogP contribution in [0.25, 0.3) is 0 Å². The quantitative estimate of drug-likeness (QED) is 0.0900. The summed E-state index contributed by atoms with van der Waals surface area (Å²) in [5, 5.41) is 9.97. The lowest BCUT2D eigenvalue weighted by atomic mass is 9.86. The maximum atomic E-state index is 12.4. The van der Waals surface area contributed by atoms with Crippen LogP contribution >= 0.6 is 0 Å². The van der Waals surface area contributed by atoms with Crippen LogP contribution in [0.15, 0.2) is 18.2 Å². The summed E-state index contributed by atoms with van der Waals surface area (Å²) in [6.07, 6.45) is 1.87. The van der Waals surface area contributed by atoms with Crippen molar-refractivity contribution in [1.82, 2.24) is 0 Å². The molecule has 0 heterocycles. The largest absolute Gasteiger partial charge is 0.513 e. The van der Waals surface area contributed by atoms with Crippen LogP contribution in [0.2, 0.25) is 0 Å². The molecular weight excluding hydrogens is 534 g/mol. The van der Waals surface area contributed by atoms with E-state index in [0.29, 0.717) is 18.4 Å². The summed E-state index contributed by atoms with van der Waals surface area (Å²) < 4.78 is 26.2. The van der Waals surface area contributed by atoms with Crippen LogP contribution in [0, 0.1) is 11.8 Å². The number of rotatable bonds is 18. The third kappa shape index (κ3) is 13.2. The van der Waals surface area contributed by atoms with Crippen LogP contribution in [-0.4, -0.2) is 54.2 Å². The first kappa shape index (κ1) is 35.7. The Bertz CT molecular complexity index is 995. The molecule has 41 heavy (non-hydrogen) atoms. The van der Waals surface area contributed by atoms with Crippen molar-refractivity contribution < 1.29 is 48.0 Å². The Morgan fingerprint density at radius 3 is 1.88 bits per heavy atom. The van der Waals surface area contributed by atoms with Gasteiger partial charge in [-0.25, -0.2) is 9.59 Å². The Hall–Kier alpha value is -3.34. The highest BCUT2D eigenvalue weighted by Gasteiger charge is 2.37. The van der Waals surface area contributed by atoms with Crippen molar-refractivity contribution in [2.75, 3.05) is 13.2 Å². The standard InChI is InChI=1S/C30H47NO10/c1-7-9-11-15-37-28(35)40-24-14-13-23(17-25(24)41-29(36)38-16-12-10-8-2)19-30(31,27(33)34)18-21(5)39-26(32)22(6)20(3)4/h13-14,17,20-22H,7-12,15-16,18-19,31H2,1-6H3,(H,33,34)/t21-,22?,30?/m0/s1. The normalized spacial score (nSPS) is 14.0. The van der Waals surface area contributed by atoms with Gasteiger partial charge in [0.15, 0.2) is 11.5 Å². The van der Waals surface area contributed by atoms with E-state index in [1.165, 1.54) is 18.2 Å². The maximum absolute atomic E-state index is 12.4. The average molecular weight is 582 g/mol. The van der Waals surface area contributed by atoms with Crippen molar-refractivity contribution in [2.45, 2.75) is 105 Å². The fourth-order valence-electron chi connectivity index (χ4n) is 3.81. The molecule has 0 saturated heterocycles. The summed E-state index contributed by atoms with van der Waals surface area (Å²) >= 11 is 0. The Kier molecular flexibility index (Phi) is 15.8. The molecule has 1 rings (SSSR count). The van der Waals surface area contributed by atoms with Crippen molar-refractivity contribution in [3.8, 4) is 11.5 Å². The van der Waals surface area contributed by atoms with Crippen LogP contribution in [0.5, 0.6) is 11.5 Å². The highest BCUT2D eigenvalue weighted by atomic mass is 16.7. The first-order valence-corrected chi connectivity index (χ1v) is 14.4. The van der Waals surface area contributed by atoms with Crippen molar-refractivity contribution in [2.24, 2.45) is 17.6 Å². The maximum Gasteiger partial charge on any atom is 0.513 e. The van der Waals surface area contributed by atoms with Crippen LogP contribution in [0.1, 0.15) is 92.1 Å². The first-order valence-electron chi connectivity index (χ1n) is 14.4. The number of hydrogen-bond acceptors (Lipinski definition) is 10. The number of carboxylic acid groups (broad SMARTS) is 1. The number of ether oxygens (including phenoxy) is 5. The monoisotopic (exact) mass is 581 g/mol. The lowest BCUT2D eigenvalue weighted by Gasteiger charge is -2.29. The summed E-state index contributed by atoms with van der Waals surface area (Å²) in [5.41, 5.74) is 4.86. The summed E-state index contributed by atoms with van der Waals surface area (Å²) in [7, 11) is 0.